The molecule has 2 nitrogen and oxygen atoms in total. The molecule has 0 amide bonds. The van der Waals surface area contributed by atoms with Crippen LogP contribution in [0.4, 0.5) is 17.6 Å². The minimum atomic E-state index is -1.02. The van der Waals surface area contributed by atoms with Gasteiger partial charge in [-0.1, -0.05) is 24.8 Å². The second-order valence-corrected chi connectivity index (χ2v) is 7.71. The van der Waals surface area contributed by atoms with E-state index >= 15 is 0 Å². The number of ether oxygens (including phenoxy) is 2. The molecule has 1 heterocycles. The Labute approximate surface area is 167 Å². The average Bonchev–Trinajstić information content (AvgIpc) is 3.57. The van der Waals surface area contributed by atoms with E-state index in [1.165, 1.54) is 18.2 Å². The first-order valence-corrected chi connectivity index (χ1v) is 9.82. The molecular weight excluding hydrogens is 384 g/mol. The lowest BCUT2D eigenvalue weighted by atomic mass is 9.78. The molecule has 0 bridgehead atoms. The average molecular weight is 406 g/mol. The summed E-state index contributed by atoms with van der Waals surface area (Å²) in [7, 11) is 0. The summed E-state index contributed by atoms with van der Waals surface area (Å²) in [6, 6.07) is 6.09. The van der Waals surface area contributed by atoms with Crippen molar-refractivity contribution in [2.45, 2.75) is 37.7 Å². The van der Waals surface area contributed by atoms with E-state index < -0.39 is 23.3 Å². The van der Waals surface area contributed by atoms with Crippen LogP contribution in [0.25, 0.3) is 6.08 Å². The van der Waals surface area contributed by atoms with Crippen LogP contribution in [0.5, 0.6) is 5.75 Å². The number of epoxide rings is 1. The molecule has 0 radical (unpaired) electrons. The lowest BCUT2D eigenvalue weighted by molar-refractivity contribution is 0.191. The van der Waals surface area contributed by atoms with E-state index in [0.717, 1.165) is 12.8 Å². The van der Waals surface area contributed by atoms with Gasteiger partial charge in [0.15, 0.2) is 23.2 Å². The van der Waals surface area contributed by atoms with Gasteiger partial charge in [-0.25, -0.2) is 13.2 Å². The van der Waals surface area contributed by atoms with Gasteiger partial charge >= 0.3 is 0 Å². The van der Waals surface area contributed by atoms with E-state index in [0.29, 0.717) is 25.0 Å². The Morgan fingerprint density at radius 2 is 1.55 bits per heavy atom. The van der Waals surface area contributed by atoms with E-state index in [4.69, 9.17) is 9.47 Å². The molecular formula is C23H22F4O2. The first-order valence-electron chi connectivity index (χ1n) is 9.82. The Kier molecular flexibility index (Phi) is 5.63. The van der Waals surface area contributed by atoms with Crippen molar-refractivity contribution in [3.63, 3.8) is 0 Å². The smallest absolute Gasteiger partial charge is 0.201 e. The molecule has 4 rings (SSSR count). The van der Waals surface area contributed by atoms with E-state index in [9.17, 15) is 17.6 Å². The summed E-state index contributed by atoms with van der Waals surface area (Å²) in [5, 5.41) is 0. The largest absolute Gasteiger partial charge is 0.490 e. The Bertz CT molecular complexity index is 916. The van der Waals surface area contributed by atoms with Crippen LogP contribution in [0.3, 0.4) is 0 Å². The van der Waals surface area contributed by atoms with Crippen LogP contribution in [-0.2, 0) is 4.74 Å². The van der Waals surface area contributed by atoms with Crippen molar-refractivity contribution in [1.29, 1.82) is 0 Å². The third-order valence-corrected chi connectivity index (χ3v) is 5.88. The lowest BCUT2D eigenvalue weighted by Crippen LogP contribution is -2.20. The maximum absolute atomic E-state index is 14.5. The quantitative estimate of drug-likeness (QED) is 0.414. The molecule has 1 aliphatic heterocycles. The topological polar surface area (TPSA) is 21.8 Å². The molecule has 1 saturated carbocycles. The molecule has 1 saturated heterocycles. The number of hydrogen-bond donors (Lipinski definition) is 0. The van der Waals surface area contributed by atoms with Crippen LogP contribution in [0.15, 0.2) is 30.8 Å². The molecule has 0 spiro atoms. The number of hydrogen-bond acceptors (Lipinski definition) is 2. The molecule has 0 N–H and O–H groups in total. The molecule has 29 heavy (non-hydrogen) atoms. The maximum atomic E-state index is 14.5. The molecule has 1 unspecified atom stereocenters. The van der Waals surface area contributed by atoms with Gasteiger partial charge in [0.25, 0.3) is 0 Å². The molecule has 1 aliphatic carbocycles. The van der Waals surface area contributed by atoms with Crippen molar-refractivity contribution in [3.8, 4) is 5.75 Å². The third kappa shape index (κ3) is 4.04. The molecule has 2 aliphatic rings. The van der Waals surface area contributed by atoms with Gasteiger partial charge in [-0.05, 0) is 55.2 Å². The van der Waals surface area contributed by atoms with Gasteiger partial charge in [-0.2, -0.15) is 4.39 Å². The Balaban J connectivity index is 1.35. The van der Waals surface area contributed by atoms with Gasteiger partial charge in [-0.3, -0.25) is 0 Å². The third-order valence-electron chi connectivity index (χ3n) is 5.88. The molecule has 2 aromatic rings. The highest BCUT2D eigenvalue weighted by atomic mass is 19.2. The van der Waals surface area contributed by atoms with E-state index in [-0.39, 0.29) is 41.4 Å². The minimum Gasteiger partial charge on any atom is -0.490 e. The molecule has 2 fully saturated rings. The van der Waals surface area contributed by atoms with Crippen molar-refractivity contribution in [1.82, 2.24) is 0 Å². The summed E-state index contributed by atoms with van der Waals surface area (Å²) in [5.74, 6) is -3.61. The van der Waals surface area contributed by atoms with Crippen molar-refractivity contribution >= 4 is 6.08 Å². The van der Waals surface area contributed by atoms with Gasteiger partial charge in [0.05, 0.1) is 13.2 Å². The summed E-state index contributed by atoms with van der Waals surface area (Å²) in [5.41, 5.74) is 0.772. The van der Waals surface area contributed by atoms with E-state index in [1.807, 2.05) is 0 Å². The fraction of sp³-hybridized carbons (Fsp3) is 0.391. The standard InChI is InChI=1S/C23H22F4O2/c1-2-14-7-10-18(23(27)20(14)24)28-11-13-3-5-15(6-4-13)16-8-9-17(19-12-29-19)22(26)21(16)25/h2,7-10,13,15,19H,1,3-6,11-12H2. The zero-order valence-electron chi connectivity index (χ0n) is 15.9. The second-order valence-electron chi connectivity index (χ2n) is 7.71. The zero-order valence-corrected chi connectivity index (χ0v) is 15.9. The van der Waals surface area contributed by atoms with Crippen LogP contribution in [0.1, 0.15) is 54.4 Å². The maximum Gasteiger partial charge on any atom is 0.201 e. The van der Waals surface area contributed by atoms with Gasteiger partial charge < -0.3 is 9.47 Å². The molecule has 6 heteroatoms. The summed E-state index contributed by atoms with van der Waals surface area (Å²) in [4.78, 5) is 0. The van der Waals surface area contributed by atoms with Gasteiger partial charge in [-0.15, -0.1) is 0 Å². The first-order chi connectivity index (χ1) is 14.0. The highest BCUT2D eigenvalue weighted by Crippen LogP contribution is 2.40. The van der Waals surface area contributed by atoms with Crippen molar-refractivity contribution < 1.29 is 27.0 Å². The van der Waals surface area contributed by atoms with Gasteiger partial charge in [0.2, 0.25) is 5.82 Å². The van der Waals surface area contributed by atoms with E-state index in [2.05, 4.69) is 6.58 Å². The van der Waals surface area contributed by atoms with Crippen LogP contribution < -0.4 is 4.74 Å². The van der Waals surface area contributed by atoms with Gasteiger partial charge in [0, 0.05) is 11.1 Å². The molecule has 0 aromatic heterocycles. The minimum absolute atomic E-state index is 0.0593. The van der Waals surface area contributed by atoms with Gasteiger partial charge in [0.1, 0.15) is 6.10 Å². The number of rotatable bonds is 6. The second kappa shape index (κ2) is 8.19. The van der Waals surface area contributed by atoms with Crippen LogP contribution in [-0.4, -0.2) is 13.2 Å². The summed E-state index contributed by atoms with van der Waals surface area (Å²) in [6.07, 6.45) is 3.79. The van der Waals surface area contributed by atoms with E-state index in [1.54, 1.807) is 12.1 Å². The fourth-order valence-corrected chi connectivity index (χ4v) is 4.03. The molecule has 2 aromatic carbocycles. The van der Waals surface area contributed by atoms with Crippen LogP contribution >= 0.6 is 0 Å². The molecule has 1 atom stereocenters. The summed E-state index contributed by atoms with van der Waals surface area (Å²) in [6.45, 7) is 4.13. The number of benzene rings is 2. The highest BCUT2D eigenvalue weighted by Gasteiger charge is 2.32. The first kappa shape index (κ1) is 20.0. The van der Waals surface area contributed by atoms with Crippen LogP contribution in [0.2, 0.25) is 0 Å². The van der Waals surface area contributed by atoms with Crippen molar-refractivity contribution in [3.05, 3.63) is 70.8 Å². The summed E-state index contributed by atoms with van der Waals surface area (Å²) < 4.78 is 67.2. The number of halogens is 4. The molecule has 154 valence electrons. The highest BCUT2D eigenvalue weighted by molar-refractivity contribution is 5.50. The Hall–Kier alpha value is -2.34. The Morgan fingerprint density at radius 3 is 2.21 bits per heavy atom. The predicted molar refractivity (Wildman–Crippen MR) is 102 cm³/mol. The fourth-order valence-electron chi connectivity index (χ4n) is 4.03. The van der Waals surface area contributed by atoms with Crippen LogP contribution in [0, 0.1) is 29.2 Å². The monoisotopic (exact) mass is 406 g/mol. The lowest BCUT2D eigenvalue weighted by Gasteiger charge is -2.29. The predicted octanol–water partition coefficient (Wildman–Crippen LogP) is 6.31. The Morgan fingerprint density at radius 1 is 0.897 bits per heavy atom. The van der Waals surface area contributed by atoms with Crippen molar-refractivity contribution in [2.75, 3.05) is 13.2 Å². The normalized spacial score (nSPS) is 23.7. The zero-order chi connectivity index (χ0) is 20.5. The van der Waals surface area contributed by atoms with Crippen molar-refractivity contribution in [2.24, 2.45) is 5.92 Å². The summed E-state index contributed by atoms with van der Waals surface area (Å²) >= 11 is 0. The SMILES string of the molecule is C=Cc1ccc(OCC2CCC(c3ccc(C4CO4)c(F)c3F)CC2)c(F)c1F.